The van der Waals surface area contributed by atoms with Crippen LogP contribution in [0, 0.1) is 0 Å². The van der Waals surface area contributed by atoms with Crippen molar-refractivity contribution in [3.63, 3.8) is 0 Å². The average Bonchev–Trinajstić information content (AvgIpc) is 2.71. The molecule has 0 saturated carbocycles. The Labute approximate surface area is 155 Å². The number of nitrogens with zero attached hydrogens (tertiary/aromatic N) is 1. The third kappa shape index (κ3) is 2.16. The number of amides is 2. The van der Waals surface area contributed by atoms with Gasteiger partial charge in [0, 0.05) is 21.9 Å². The van der Waals surface area contributed by atoms with Crippen molar-refractivity contribution in [3.05, 3.63) is 83.9 Å². The normalized spacial score (nSPS) is 13.4. The Hall–Kier alpha value is -3.66. The van der Waals surface area contributed by atoms with Crippen molar-refractivity contribution in [1.82, 2.24) is 0 Å². The first-order valence-corrected chi connectivity index (χ1v) is 8.66. The second kappa shape index (κ2) is 5.68. The third-order valence-corrected chi connectivity index (χ3v) is 5.08. The smallest absolute Gasteiger partial charge is 0.265 e. The quantitative estimate of drug-likeness (QED) is 0.486. The molecule has 0 radical (unpaired) electrons. The predicted octanol–water partition coefficient (Wildman–Crippen LogP) is 4.80. The summed E-state index contributed by atoms with van der Waals surface area (Å²) in [6.45, 7) is 0. The van der Waals surface area contributed by atoms with Gasteiger partial charge in [-0.15, -0.1) is 0 Å². The number of benzene rings is 4. The van der Waals surface area contributed by atoms with E-state index in [2.05, 4.69) is 0 Å². The first kappa shape index (κ1) is 15.6. The summed E-state index contributed by atoms with van der Waals surface area (Å²) in [6.07, 6.45) is 0. The molecular weight excluding hydrogens is 338 g/mol. The fourth-order valence-corrected chi connectivity index (χ4v) is 3.80. The molecule has 1 heterocycles. The van der Waals surface area contributed by atoms with Crippen molar-refractivity contribution in [2.24, 2.45) is 0 Å². The number of fused-ring (bicyclic) bond motifs is 1. The van der Waals surface area contributed by atoms with Crippen molar-refractivity contribution in [1.29, 1.82) is 0 Å². The predicted molar refractivity (Wildman–Crippen MR) is 106 cm³/mol. The van der Waals surface area contributed by atoms with Gasteiger partial charge in [0.25, 0.3) is 11.8 Å². The lowest BCUT2D eigenvalue weighted by Gasteiger charge is -2.27. The average molecular weight is 353 g/mol. The Balaban J connectivity index is 1.74. The van der Waals surface area contributed by atoms with E-state index in [1.165, 1.54) is 4.90 Å². The molecule has 0 aromatic heterocycles. The van der Waals surface area contributed by atoms with Gasteiger partial charge in [0.05, 0.1) is 12.8 Å². The lowest BCUT2D eigenvalue weighted by Crippen LogP contribution is -2.40. The Morgan fingerprint density at radius 2 is 1.48 bits per heavy atom. The minimum Gasteiger partial charge on any atom is -0.496 e. The van der Waals surface area contributed by atoms with E-state index >= 15 is 0 Å². The highest BCUT2D eigenvalue weighted by molar-refractivity contribution is 6.36. The van der Waals surface area contributed by atoms with Gasteiger partial charge in [-0.3, -0.25) is 9.59 Å². The number of anilines is 1. The van der Waals surface area contributed by atoms with Crippen LogP contribution in [0.1, 0.15) is 20.7 Å². The molecule has 0 unspecified atom stereocenters. The molecule has 2 amide bonds. The van der Waals surface area contributed by atoms with E-state index in [4.69, 9.17) is 4.74 Å². The second-order valence-electron chi connectivity index (χ2n) is 6.52. The molecule has 4 aromatic carbocycles. The molecule has 130 valence electrons. The monoisotopic (exact) mass is 353 g/mol. The van der Waals surface area contributed by atoms with Crippen molar-refractivity contribution >= 4 is 39.0 Å². The first-order chi connectivity index (χ1) is 13.2. The zero-order valence-electron chi connectivity index (χ0n) is 14.6. The summed E-state index contributed by atoms with van der Waals surface area (Å²) in [6, 6.07) is 22.4. The number of imide groups is 1. The molecule has 0 bridgehead atoms. The lowest BCUT2D eigenvalue weighted by molar-refractivity contribution is 0.0893. The summed E-state index contributed by atoms with van der Waals surface area (Å²) >= 11 is 0. The van der Waals surface area contributed by atoms with Gasteiger partial charge < -0.3 is 4.74 Å². The molecule has 0 atom stereocenters. The van der Waals surface area contributed by atoms with E-state index in [1.54, 1.807) is 25.3 Å². The minimum absolute atomic E-state index is 0.318. The molecule has 1 aliphatic rings. The van der Waals surface area contributed by atoms with Crippen LogP contribution in [-0.2, 0) is 0 Å². The summed E-state index contributed by atoms with van der Waals surface area (Å²) in [5.74, 6) is 0.0126. The maximum absolute atomic E-state index is 13.2. The Morgan fingerprint density at radius 3 is 2.26 bits per heavy atom. The van der Waals surface area contributed by atoms with Gasteiger partial charge in [-0.05, 0) is 41.1 Å². The van der Waals surface area contributed by atoms with E-state index in [0.717, 1.165) is 16.2 Å². The van der Waals surface area contributed by atoms with Crippen LogP contribution in [0.5, 0.6) is 5.75 Å². The van der Waals surface area contributed by atoms with E-state index < -0.39 is 0 Å². The maximum atomic E-state index is 13.2. The van der Waals surface area contributed by atoms with Crippen LogP contribution in [0.4, 0.5) is 5.69 Å². The maximum Gasteiger partial charge on any atom is 0.265 e. The topological polar surface area (TPSA) is 46.6 Å². The third-order valence-electron chi connectivity index (χ3n) is 5.08. The van der Waals surface area contributed by atoms with Crippen LogP contribution in [0.25, 0.3) is 21.5 Å². The molecule has 5 rings (SSSR count). The Morgan fingerprint density at radius 1 is 0.741 bits per heavy atom. The van der Waals surface area contributed by atoms with Gasteiger partial charge in [0.15, 0.2) is 0 Å². The number of ether oxygens (including phenoxy) is 1. The summed E-state index contributed by atoms with van der Waals surface area (Å²) in [7, 11) is 1.58. The van der Waals surface area contributed by atoms with Gasteiger partial charge >= 0.3 is 0 Å². The molecule has 4 heteroatoms. The highest BCUT2D eigenvalue weighted by atomic mass is 16.5. The highest BCUT2D eigenvalue weighted by Crippen LogP contribution is 2.37. The van der Waals surface area contributed by atoms with Crippen molar-refractivity contribution < 1.29 is 14.3 Å². The molecule has 27 heavy (non-hydrogen) atoms. The van der Waals surface area contributed by atoms with Gasteiger partial charge in [0.2, 0.25) is 0 Å². The van der Waals surface area contributed by atoms with Crippen molar-refractivity contribution in [3.8, 4) is 5.75 Å². The summed E-state index contributed by atoms with van der Waals surface area (Å²) in [5, 5.41) is 3.47. The molecule has 1 aliphatic heterocycles. The number of carbonyl (C=O) groups excluding carboxylic acids is 2. The lowest BCUT2D eigenvalue weighted by atomic mass is 9.93. The number of hydrogen-bond acceptors (Lipinski definition) is 3. The van der Waals surface area contributed by atoms with Gasteiger partial charge in [-0.2, -0.15) is 0 Å². The number of hydrogen-bond donors (Lipinski definition) is 0. The molecule has 0 N–H and O–H groups in total. The minimum atomic E-state index is -0.318. The van der Waals surface area contributed by atoms with E-state index in [-0.39, 0.29) is 11.8 Å². The molecule has 0 saturated heterocycles. The second-order valence-corrected chi connectivity index (χ2v) is 6.52. The Bertz CT molecular complexity index is 1240. The molecule has 0 aliphatic carbocycles. The van der Waals surface area contributed by atoms with Gasteiger partial charge in [-0.1, -0.05) is 42.5 Å². The molecule has 4 nitrogen and oxygen atoms in total. The van der Waals surface area contributed by atoms with Crippen LogP contribution in [-0.4, -0.2) is 18.9 Å². The molecule has 0 spiro atoms. The van der Waals surface area contributed by atoms with Gasteiger partial charge in [-0.25, -0.2) is 4.90 Å². The first-order valence-electron chi connectivity index (χ1n) is 8.66. The zero-order chi connectivity index (χ0) is 18.5. The number of carbonyl (C=O) groups is 2. The summed E-state index contributed by atoms with van der Waals surface area (Å²) in [4.78, 5) is 27.7. The number of methoxy groups -OCH3 is 1. The standard InChI is InChI=1S/C23H15NO3/c1-27-20-12-11-19-21-17(20)7-4-8-18(21)22(25)24(23(19)26)16-10-9-14-5-2-3-6-15(14)13-16/h2-13H,1H3. The van der Waals surface area contributed by atoms with Crippen LogP contribution in [0.2, 0.25) is 0 Å². The van der Waals surface area contributed by atoms with E-state index in [9.17, 15) is 9.59 Å². The fraction of sp³-hybridized carbons (Fsp3) is 0.0435. The molecule has 4 aromatic rings. The van der Waals surface area contributed by atoms with Crippen LogP contribution < -0.4 is 9.64 Å². The van der Waals surface area contributed by atoms with Crippen molar-refractivity contribution in [2.75, 3.05) is 12.0 Å². The van der Waals surface area contributed by atoms with Crippen molar-refractivity contribution in [2.45, 2.75) is 0 Å². The molecule has 0 fully saturated rings. The summed E-state index contributed by atoms with van der Waals surface area (Å²) < 4.78 is 5.40. The molecular formula is C23H15NO3. The largest absolute Gasteiger partial charge is 0.496 e. The van der Waals surface area contributed by atoms with Crippen LogP contribution in [0.3, 0.4) is 0 Å². The number of rotatable bonds is 2. The Kier molecular flexibility index (Phi) is 3.28. The zero-order valence-corrected chi connectivity index (χ0v) is 14.6. The van der Waals surface area contributed by atoms with Crippen LogP contribution >= 0.6 is 0 Å². The summed E-state index contributed by atoms with van der Waals surface area (Å²) in [5.41, 5.74) is 1.59. The van der Waals surface area contributed by atoms with Crippen LogP contribution in [0.15, 0.2) is 72.8 Å². The van der Waals surface area contributed by atoms with E-state index in [0.29, 0.717) is 28.0 Å². The highest BCUT2D eigenvalue weighted by Gasteiger charge is 2.34. The SMILES string of the molecule is COc1ccc2c3c(cccc13)C(=O)N(c1ccc3ccccc3c1)C2=O. The van der Waals surface area contributed by atoms with E-state index in [1.807, 2.05) is 54.6 Å². The fourth-order valence-electron chi connectivity index (χ4n) is 3.80. The van der Waals surface area contributed by atoms with Gasteiger partial charge in [0.1, 0.15) is 5.75 Å².